The molecular weight excluding hydrogens is 160 g/mol. The van der Waals surface area contributed by atoms with Crippen LogP contribution in [0.4, 0.5) is 0 Å². The average molecular weight is 169 g/mol. The Labute approximate surface area is 77.0 Å². The minimum atomic E-state index is 0.0908. The van der Waals surface area contributed by atoms with E-state index in [2.05, 4.69) is 6.07 Å². The van der Waals surface area contributed by atoms with Crippen LogP contribution < -0.4 is 0 Å². The van der Waals surface area contributed by atoms with E-state index in [1.807, 2.05) is 36.4 Å². The smallest absolute Gasteiger partial charge is 0.160 e. The first-order valence-electron chi connectivity index (χ1n) is 4.19. The standard InChI is InChI=1S/C12H9O/c1-9(13)11-8-4-6-10-5-2-3-7-12(10)11/h2-6,8H,1H3. The molecule has 0 spiro atoms. The van der Waals surface area contributed by atoms with E-state index in [1.54, 1.807) is 6.92 Å². The third-order valence-electron chi connectivity index (χ3n) is 2.08. The molecule has 2 rings (SSSR count). The van der Waals surface area contributed by atoms with E-state index in [-0.39, 0.29) is 5.78 Å². The van der Waals surface area contributed by atoms with Gasteiger partial charge in [-0.05, 0) is 18.4 Å². The summed E-state index contributed by atoms with van der Waals surface area (Å²) in [6.45, 7) is 1.58. The minimum Gasteiger partial charge on any atom is -0.294 e. The first-order chi connectivity index (χ1) is 6.29. The van der Waals surface area contributed by atoms with Gasteiger partial charge in [-0.15, -0.1) is 0 Å². The van der Waals surface area contributed by atoms with Crippen molar-refractivity contribution in [2.45, 2.75) is 6.92 Å². The number of hydrogen-bond acceptors (Lipinski definition) is 1. The van der Waals surface area contributed by atoms with Crippen molar-refractivity contribution < 1.29 is 4.79 Å². The summed E-state index contributed by atoms with van der Waals surface area (Å²) in [5, 5.41) is 1.98. The zero-order valence-electron chi connectivity index (χ0n) is 7.37. The summed E-state index contributed by atoms with van der Waals surface area (Å²) in [5.41, 5.74) is 0.748. The van der Waals surface area contributed by atoms with Crippen LogP contribution in [-0.2, 0) is 0 Å². The SMILES string of the molecule is CC(=O)c1cccc2ccc[c]c12. The Bertz CT molecular complexity index is 452. The van der Waals surface area contributed by atoms with Gasteiger partial charge in [0.2, 0.25) is 0 Å². The molecule has 1 heteroatoms. The molecule has 0 N–H and O–H groups in total. The van der Waals surface area contributed by atoms with E-state index in [9.17, 15) is 4.79 Å². The van der Waals surface area contributed by atoms with Gasteiger partial charge in [0, 0.05) is 10.9 Å². The molecule has 0 saturated heterocycles. The van der Waals surface area contributed by atoms with Crippen LogP contribution in [-0.4, -0.2) is 5.78 Å². The van der Waals surface area contributed by atoms with Gasteiger partial charge in [-0.1, -0.05) is 36.4 Å². The van der Waals surface area contributed by atoms with Gasteiger partial charge in [-0.25, -0.2) is 0 Å². The Hall–Kier alpha value is -1.63. The number of Topliss-reactive ketones (excluding diaryl/α,β-unsaturated/α-hetero) is 1. The van der Waals surface area contributed by atoms with Gasteiger partial charge in [0.25, 0.3) is 0 Å². The van der Waals surface area contributed by atoms with Gasteiger partial charge < -0.3 is 0 Å². The van der Waals surface area contributed by atoms with Crippen LogP contribution in [0, 0.1) is 6.07 Å². The summed E-state index contributed by atoms with van der Waals surface area (Å²) in [5.74, 6) is 0.0908. The zero-order chi connectivity index (χ0) is 9.26. The lowest BCUT2D eigenvalue weighted by molar-refractivity contribution is 0.101. The molecule has 13 heavy (non-hydrogen) atoms. The van der Waals surface area contributed by atoms with Crippen LogP contribution in [0.3, 0.4) is 0 Å². The van der Waals surface area contributed by atoms with Crippen LogP contribution in [0.5, 0.6) is 0 Å². The summed E-state index contributed by atoms with van der Waals surface area (Å²) in [6.07, 6.45) is 0. The third kappa shape index (κ3) is 1.33. The second-order valence-electron chi connectivity index (χ2n) is 3.00. The monoisotopic (exact) mass is 169 g/mol. The summed E-state index contributed by atoms with van der Waals surface area (Å²) >= 11 is 0. The summed E-state index contributed by atoms with van der Waals surface area (Å²) < 4.78 is 0. The number of benzene rings is 2. The molecule has 2 aromatic rings. The van der Waals surface area contributed by atoms with Crippen molar-refractivity contribution in [3.8, 4) is 0 Å². The average Bonchev–Trinajstić information content (AvgIpc) is 2.17. The molecular formula is C12H9O. The number of carbonyl (C=O) groups is 1. The Morgan fingerprint density at radius 3 is 2.77 bits per heavy atom. The van der Waals surface area contributed by atoms with Gasteiger partial charge in [0.05, 0.1) is 0 Å². The van der Waals surface area contributed by atoms with Crippen molar-refractivity contribution in [1.82, 2.24) is 0 Å². The normalized spacial score (nSPS) is 10.2. The van der Waals surface area contributed by atoms with Crippen molar-refractivity contribution in [1.29, 1.82) is 0 Å². The Balaban J connectivity index is 2.83. The van der Waals surface area contributed by atoms with Crippen molar-refractivity contribution in [3.05, 3.63) is 48.0 Å². The molecule has 0 aromatic heterocycles. The lowest BCUT2D eigenvalue weighted by Gasteiger charge is -2.01. The van der Waals surface area contributed by atoms with Crippen molar-refractivity contribution >= 4 is 16.6 Å². The summed E-state index contributed by atoms with van der Waals surface area (Å²) in [7, 11) is 0. The largest absolute Gasteiger partial charge is 0.294 e. The van der Waals surface area contributed by atoms with E-state index >= 15 is 0 Å². The molecule has 0 saturated carbocycles. The second kappa shape index (κ2) is 3.02. The quantitative estimate of drug-likeness (QED) is 0.600. The van der Waals surface area contributed by atoms with Gasteiger partial charge in [-0.3, -0.25) is 4.79 Å². The van der Waals surface area contributed by atoms with Crippen molar-refractivity contribution in [2.75, 3.05) is 0 Å². The maximum absolute atomic E-state index is 11.2. The molecule has 1 radical (unpaired) electrons. The van der Waals surface area contributed by atoms with Crippen molar-refractivity contribution in [2.24, 2.45) is 0 Å². The molecule has 0 fully saturated rings. The molecule has 0 bridgehead atoms. The van der Waals surface area contributed by atoms with Gasteiger partial charge in [-0.2, -0.15) is 0 Å². The lowest BCUT2D eigenvalue weighted by atomic mass is 10.0. The number of ketones is 1. The lowest BCUT2D eigenvalue weighted by Crippen LogP contribution is -1.92. The molecule has 0 aliphatic carbocycles. The van der Waals surface area contributed by atoms with Gasteiger partial charge >= 0.3 is 0 Å². The number of fused-ring (bicyclic) bond motifs is 1. The van der Waals surface area contributed by atoms with E-state index < -0.39 is 0 Å². The van der Waals surface area contributed by atoms with E-state index in [1.165, 1.54) is 0 Å². The van der Waals surface area contributed by atoms with E-state index in [0.29, 0.717) is 0 Å². The molecule has 1 nitrogen and oxygen atoms in total. The number of hydrogen-bond donors (Lipinski definition) is 0. The van der Waals surface area contributed by atoms with Crippen LogP contribution in [0.25, 0.3) is 10.8 Å². The zero-order valence-corrected chi connectivity index (χ0v) is 7.37. The Morgan fingerprint density at radius 1 is 1.23 bits per heavy atom. The van der Waals surface area contributed by atoms with E-state index in [4.69, 9.17) is 0 Å². The highest BCUT2D eigenvalue weighted by molar-refractivity contribution is 6.06. The fourth-order valence-electron chi connectivity index (χ4n) is 1.45. The van der Waals surface area contributed by atoms with Crippen LogP contribution in [0.1, 0.15) is 17.3 Å². The maximum Gasteiger partial charge on any atom is 0.160 e. The highest BCUT2D eigenvalue weighted by atomic mass is 16.1. The molecule has 0 atom stereocenters. The molecule has 63 valence electrons. The van der Waals surface area contributed by atoms with Crippen LogP contribution in [0.2, 0.25) is 0 Å². The first kappa shape index (κ1) is 7.99. The predicted molar refractivity (Wildman–Crippen MR) is 52.8 cm³/mol. The minimum absolute atomic E-state index is 0.0908. The molecule has 0 amide bonds. The topological polar surface area (TPSA) is 17.1 Å². The molecule has 0 unspecified atom stereocenters. The maximum atomic E-state index is 11.2. The summed E-state index contributed by atoms with van der Waals surface area (Å²) in [4.78, 5) is 11.2. The molecule has 0 aliphatic rings. The second-order valence-corrected chi connectivity index (χ2v) is 3.00. The number of rotatable bonds is 1. The fraction of sp³-hybridized carbons (Fsp3) is 0.0833. The van der Waals surface area contributed by atoms with Gasteiger partial charge in [0.1, 0.15) is 0 Å². The van der Waals surface area contributed by atoms with Gasteiger partial charge in [0.15, 0.2) is 5.78 Å². The molecule has 0 heterocycles. The van der Waals surface area contributed by atoms with Crippen LogP contribution >= 0.6 is 0 Å². The highest BCUT2D eigenvalue weighted by Gasteiger charge is 2.03. The van der Waals surface area contributed by atoms with Crippen molar-refractivity contribution in [3.63, 3.8) is 0 Å². The Kier molecular flexibility index (Phi) is 1.85. The first-order valence-corrected chi connectivity index (χ1v) is 4.19. The molecule has 0 aliphatic heterocycles. The fourth-order valence-corrected chi connectivity index (χ4v) is 1.45. The van der Waals surface area contributed by atoms with E-state index in [0.717, 1.165) is 16.3 Å². The van der Waals surface area contributed by atoms with Crippen LogP contribution in [0.15, 0.2) is 36.4 Å². The summed E-state index contributed by atoms with van der Waals surface area (Å²) in [6, 6.07) is 14.5. The number of carbonyl (C=O) groups excluding carboxylic acids is 1. The highest BCUT2D eigenvalue weighted by Crippen LogP contribution is 2.17. The Morgan fingerprint density at radius 2 is 2.00 bits per heavy atom. The molecule has 2 aromatic carbocycles. The predicted octanol–water partition coefficient (Wildman–Crippen LogP) is 2.84. The third-order valence-corrected chi connectivity index (χ3v) is 2.08.